The van der Waals surface area contributed by atoms with Crippen LogP contribution < -0.4 is 5.32 Å². The second kappa shape index (κ2) is 5.38. The summed E-state index contributed by atoms with van der Waals surface area (Å²) < 4.78 is 0. The van der Waals surface area contributed by atoms with E-state index < -0.39 is 0 Å². The van der Waals surface area contributed by atoms with Crippen molar-refractivity contribution in [3.8, 4) is 0 Å². The molecule has 0 aromatic heterocycles. The van der Waals surface area contributed by atoms with Gasteiger partial charge in [0.25, 0.3) is 0 Å². The first-order valence-corrected chi connectivity index (χ1v) is 5.94. The molecule has 0 aliphatic carbocycles. The standard InChI is InChI=1S/C16H15N.ClH/c1-17-11-16-14-8-4-2-6-12(14)10-13-7-3-5-9-15(13)16;/h2-10,17H,11H2,1H3;1H. The summed E-state index contributed by atoms with van der Waals surface area (Å²) >= 11 is 0. The number of benzene rings is 3. The first kappa shape index (κ1) is 12.9. The lowest BCUT2D eigenvalue weighted by molar-refractivity contribution is 0.829. The molecule has 3 aromatic carbocycles. The molecule has 1 nitrogen and oxygen atoms in total. The van der Waals surface area contributed by atoms with Crippen LogP contribution in [0.3, 0.4) is 0 Å². The maximum atomic E-state index is 3.27. The van der Waals surface area contributed by atoms with Crippen LogP contribution in [-0.2, 0) is 6.54 Å². The SMILES string of the molecule is CNCc1c2ccccc2cc2ccccc12.Cl. The Morgan fingerprint density at radius 2 is 1.33 bits per heavy atom. The topological polar surface area (TPSA) is 12.0 Å². The van der Waals surface area contributed by atoms with Crippen molar-refractivity contribution < 1.29 is 0 Å². The quantitative estimate of drug-likeness (QED) is 0.681. The molecule has 2 heteroatoms. The van der Waals surface area contributed by atoms with Gasteiger partial charge in [-0.3, -0.25) is 0 Å². The predicted molar refractivity (Wildman–Crippen MR) is 81.5 cm³/mol. The van der Waals surface area contributed by atoms with E-state index in [2.05, 4.69) is 59.9 Å². The van der Waals surface area contributed by atoms with Crippen molar-refractivity contribution in [1.82, 2.24) is 5.32 Å². The lowest BCUT2D eigenvalue weighted by atomic mass is 9.97. The Bertz CT molecular complexity index is 622. The number of hydrogen-bond donors (Lipinski definition) is 1. The molecule has 3 rings (SSSR count). The Morgan fingerprint density at radius 3 is 1.83 bits per heavy atom. The van der Waals surface area contributed by atoms with Crippen molar-refractivity contribution in [2.45, 2.75) is 6.54 Å². The van der Waals surface area contributed by atoms with Gasteiger partial charge in [0, 0.05) is 6.54 Å². The van der Waals surface area contributed by atoms with E-state index in [-0.39, 0.29) is 12.4 Å². The molecule has 0 radical (unpaired) electrons. The van der Waals surface area contributed by atoms with E-state index in [0.29, 0.717) is 0 Å². The highest BCUT2D eigenvalue weighted by atomic mass is 35.5. The Labute approximate surface area is 113 Å². The van der Waals surface area contributed by atoms with E-state index in [4.69, 9.17) is 0 Å². The summed E-state index contributed by atoms with van der Waals surface area (Å²) in [5.74, 6) is 0. The number of hydrogen-bond acceptors (Lipinski definition) is 1. The van der Waals surface area contributed by atoms with Crippen LogP contribution >= 0.6 is 12.4 Å². The van der Waals surface area contributed by atoms with Gasteiger partial charge in [-0.05, 0) is 40.2 Å². The van der Waals surface area contributed by atoms with Crippen LogP contribution in [0, 0.1) is 0 Å². The fourth-order valence-electron chi connectivity index (χ4n) is 2.48. The molecule has 0 aliphatic heterocycles. The zero-order valence-electron chi connectivity index (χ0n) is 10.3. The number of halogens is 1. The smallest absolute Gasteiger partial charge is 0.0214 e. The fourth-order valence-corrected chi connectivity index (χ4v) is 2.48. The molecule has 0 bridgehead atoms. The normalized spacial score (nSPS) is 10.5. The van der Waals surface area contributed by atoms with Crippen molar-refractivity contribution in [2.24, 2.45) is 0 Å². The van der Waals surface area contributed by atoms with Gasteiger partial charge in [-0.2, -0.15) is 0 Å². The maximum absolute atomic E-state index is 3.27. The molecule has 0 heterocycles. The average molecular weight is 258 g/mol. The van der Waals surface area contributed by atoms with Crippen LogP contribution in [0.5, 0.6) is 0 Å². The first-order valence-electron chi connectivity index (χ1n) is 5.94. The molecule has 3 aromatic rings. The molecule has 92 valence electrons. The van der Waals surface area contributed by atoms with E-state index in [0.717, 1.165) is 6.54 Å². The van der Waals surface area contributed by atoms with Gasteiger partial charge in [-0.25, -0.2) is 0 Å². The van der Waals surface area contributed by atoms with E-state index in [1.54, 1.807) is 0 Å². The molecule has 0 saturated heterocycles. The Balaban J connectivity index is 0.00000120. The Morgan fingerprint density at radius 1 is 0.833 bits per heavy atom. The maximum Gasteiger partial charge on any atom is 0.0214 e. The summed E-state index contributed by atoms with van der Waals surface area (Å²) in [5.41, 5.74) is 1.39. The van der Waals surface area contributed by atoms with Gasteiger partial charge < -0.3 is 5.32 Å². The van der Waals surface area contributed by atoms with Gasteiger partial charge in [0.05, 0.1) is 0 Å². The van der Waals surface area contributed by atoms with Gasteiger partial charge in [-0.15, -0.1) is 12.4 Å². The summed E-state index contributed by atoms with van der Waals surface area (Å²) in [6, 6.07) is 19.4. The van der Waals surface area contributed by atoms with Crippen LogP contribution in [0.2, 0.25) is 0 Å². The molecule has 0 saturated carbocycles. The summed E-state index contributed by atoms with van der Waals surface area (Å²) in [7, 11) is 2.00. The molecule has 0 atom stereocenters. The van der Waals surface area contributed by atoms with Crippen molar-refractivity contribution in [3.63, 3.8) is 0 Å². The molecule has 0 amide bonds. The minimum Gasteiger partial charge on any atom is -0.316 e. The Hall–Kier alpha value is -1.57. The van der Waals surface area contributed by atoms with Gasteiger partial charge >= 0.3 is 0 Å². The van der Waals surface area contributed by atoms with Crippen molar-refractivity contribution in [3.05, 3.63) is 60.2 Å². The monoisotopic (exact) mass is 257 g/mol. The zero-order chi connectivity index (χ0) is 11.7. The van der Waals surface area contributed by atoms with Gasteiger partial charge in [0.15, 0.2) is 0 Å². The van der Waals surface area contributed by atoms with Crippen LogP contribution in [0.15, 0.2) is 54.6 Å². The predicted octanol–water partition coefficient (Wildman–Crippen LogP) is 4.13. The van der Waals surface area contributed by atoms with Crippen LogP contribution in [0.4, 0.5) is 0 Å². The summed E-state index contributed by atoms with van der Waals surface area (Å²) in [6.45, 7) is 0.905. The largest absolute Gasteiger partial charge is 0.316 e. The number of rotatable bonds is 2. The minimum absolute atomic E-state index is 0. The molecular formula is C16H16ClN. The van der Waals surface area contributed by atoms with Gasteiger partial charge in [0.1, 0.15) is 0 Å². The molecule has 1 N–H and O–H groups in total. The molecule has 0 fully saturated rings. The number of nitrogens with one attached hydrogen (secondary N) is 1. The third kappa shape index (κ3) is 2.07. The highest BCUT2D eigenvalue weighted by Crippen LogP contribution is 2.28. The lowest BCUT2D eigenvalue weighted by Crippen LogP contribution is -2.06. The molecule has 18 heavy (non-hydrogen) atoms. The highest BCUT2D eigenvalue weighted by Gasteiger charge is 2.05. The van der Waals surface area contributed by atoms with Gasteiger partial charge in [-0.1, -0.05) is 48.5 Å². The van der Waals surface area contributed by atoms with Crippen molar-refractivity contribution >= 4 is 34.0 Å². The second-order valence-electron chi connectivity index (χ2n) is 4.33. The third-order valence-corrected chi connectivity index (χ3v) is 3.24. The highest BCUT2D eigenvalue weighted by molar-refractivity contribution is 6.02. The van der Waals surface area contributed by atoms with Gasteiger partial charge in [0.2, 0.25) is 0 Å². The van der Waals surface area contributed by atoms with E-state index in [1.807, 2.05) is 7.05 Å². The fraction of sp³-hybridized carbons (Fsp3) is 0.125. The van der Waals surface area contributed by atoms with Crippen molar-refractivity contribution in [1.29, 1.82) is 0 Å². The number of fused-ring (bicyclic) bond motifs is 2. The minimum atomic E-state index is 0. The van der Waals surface area contributed by atoms with Crippen molar-refractivity contribution in [2.75, 3.05) is 7.05 Å². The first-order chi connectivity index (χ1) is 8.40. The summed E-state index contributed by atoms with van der Waals surface area (Å²) in [4.78, 5) is 0. The summed E-state index contributed by atoms with van der Waals surface area (Å²) in [5, 5.41) is 8.60. The van der Waals surface area contributed by atoms with E-state index in [1.165, 1.54) is 27.1 Å². The zero-order valence-corrected chi connectivity index (χ0v) is 11.1. The molecule has 0 aliphatic rings. The van der Waals surface area contributed by atoms with E-state index in [9.17, 15) is 0 Å². The Kier molecular flexibility index (Phi) is 3.85. The van der Waals surface area contributed by atoms with Crippen LogP contribution in [0.1, 0.15) is 5.56 Å². The second-order valence-corrected chi connectivity index (χ2v) is 4.33. The summed E-state index contributed by atoms with van der Waals surface area (Å²) in [6.07, 6.45) is 0. The lowest BCUT2D eigenvalue weighted by Gasteiger charge is -2.10. The third-order valence-electron chi connectivity index (χ3n) is 3.24. The van der Waals surface area contributed by atoms with E-state index >= 15 is 0 Å². The molecular weight excluding hydrogens is 242 g/mol. The molecule has 0 unspecified atom stereocenters. The van der Waals surface area contributed by atoms with Crippen LogP contribution in [-0.4, -0.2) is 7.05 Å². The van der Waals surface area contributed by atoms with Crippen LogP contribution in [0.25, 0.3) is 21.5 Å². The average Bonchev–Trinajstić information content (AvgIpc) is 2.39. The molecule has 0 spiro atoms.